The number of benzene rings is 2. The minimum atomic E-state index is -0.660. The zero-order chi connectivity index (χ0) is 23.3. The largest absolute Gasteiger partial charge is 0.277 e. The molecule has 0 bridgehead atoms. The maximum absolute atomic E-state index is 12.9. The monoisotopic (exact) mass is 512 g/mol. The molecule has 3 amide bonds. The van der Waals surface area contributed by atoms with E-state index in [0.29, 0.717) is 22.2 Å². The molecule has 32 heavy (non-hydrogen) atoms. The van der Waals surface area contributed by atoms with Gasteiger partial charge in [-0.15, -0.1) is 0 Å². The third-order valence-electron chi connectivity index (χ3n) is 5.23. The lowest BCUT2D eigenvalue weighted by Gasteiger charge is -2.19. The molecule has 0 spiro atoms. The van der Waals surface area contributed by atoms with Gasteiger partial charge in [0.25, 0.3) is 5.91 Å². The SMILES string of the molecule is CC1CC(=O)N(c2ccc(Cl)c(N=C3NN(c4c(Cl)cc(Cl)cc4Cl)C(=O)C3C)c2)C1=O. The maximum atomic E-state index is 12.9. The van der Waals surface area contributed by atoms with Crippen molar-refractivity contribution in [3.05, 3.63) is 50.4 Å². The van der Waals surface area contributed by atoms with Crippen LogP contribution < -0.4 is 15.3 Å². The molecule has 2 heterocycles. The number of nitrogens with one attached hydrogen (secondary N) is 1. The summed E-state index contributed by atoms with van der Waals surface area (Å²) >= 11 is 24.8. The third kappa shape index (κ3) is 3.94. The fourth-order valence-corrected chi connectivity index (χ4v) is 4.67. The average molecular weight is 514 g/mol. The second kappa shape index (κ2) is 8.56. The van der Waals surface area contributed by atoms with Gasteiger partial charge in [0.1, 0.15) is 11.5 Å². The van der Waals surface area contributed by atoms with E-state index in [-0.39, 0.29) is 50.8 Å². The van der Waals surface area contributed by atoms with E-state index >= 15 is 0 Å². The van der Waals surface area contributed by atoms with E-state index in [2.05, 4.69) is 10.4 Å². The molecule has 2 atom stereocenters. The van der Waals surface area contributed by atoms with Crippen molar-refractivity contribution in [3.63, 3.8) is 0 Å². The number of hydrazine groups is 1. The number of nitrogens with zero attached hydrogens (tertiary/aromatic N) is 3. The zero-order valence-corrected chi connectivity index (χ0v) is 19.9. The Morgan fingerprint density at radius 1 is 0.938 bits per heavy atom. The van der Waals surface area contributed by atoms with Gasteiger partial charge >= 0.3 is 0 Å². The summed E-state index contributed by atoms with van der Waals surface area (Å²) in [6.45, 7) is 3.37. The predicted molar refractivity (Wildman–Crippen MR) is 126 cm³/mol. The van der Waals surface area contributed by atoms with Crippen LogP contribution in [0.5, 0.6) is 0 Å². The van der Waals surface area contributed by atoms with Gasteiger partial charge in [-0.25, -0.2) is 10.0 Å². The molecule has 0 aromatic heterocycles. The normalized spacial score (nSPS) is 22.3. The third-order valence-corrected chi connectivity index (χ3v) is 6.35. The van der Waals surface area contributed by atoms with Crippen molar-refractivity contribution >= 4 is 87.0 Å². The Morgan fingerprint density at radius 2 is 1.59 bits per heavy atom. The summed E-state index contributed by atoms with van der Waals surface area (Å²) in [5, 5.41) is 2.21. The number of rotatable bonds is 3. The quantitative estimate of drug-likeness (QED) is 0.555. The van der Waals surface area contributed by atoms with Gasteiger partial charge in [0.15, 0.2) is 0 Å². The van der Waals surface area contributed by atoms with Gasteiger partial charge in [-0.3, -0.25) is 24.7 Å². The number of hydrogen-bond acceptors (Lipinski definition) is 4. The van der Waals surface area contributed by atoms with Gasteiger partial charge in [0.05, 0.1) is 32.4 Å². The molecule has 2 fully saturated rings. The minimum Gasteiger partial charge on any atom is -0.277 e. The summed E-state index contributed by atoms with van der Waals surface area (Å²) in [4.78, 5) is 43.1. The van der Waals surface area contributed by atoms with Crippen molar-refractivity contribution in [2.45, 2.75) is 20.3 Å². The second-order valence-corrected chi connectivity index (χ2v) is 9.19. The molecule has 0 saturated carbocycles. The summed E-state index contributed by atoms with van der Waals surface area (Å²) in [5.41, 5.74) is 3.82. The van der Waals surface area contributed by atoms with Crippen LogP contribution in [0.3, 0.4) is 0 Å². The van der Waals surface area contributed by atoms with Crippen molar-refractivity contribution in [3.8, 4) is 0 Å². The first-order valence-electron chi connectivity index (χ1n) is 9.58. The van der Waals surface area contributed by atoms with E-state index < -0.39 is 5.92 Å². The molecular formula is C21H16Cl4N4O3. The molecule has 2 aliphatic heterocycles. The minimum absolute atomic E-state index is 0.149. The number of hydrogen-bond donors (Lipinski definition) is 1. The highest BCUT2D eigenvalue weighted by Gasteiger charge is 2.38. The standard InChI is InChI=1S/C21H16Cl4N4O3/c1-9-5-17(30)28(20(9)31)12-3-4-13(23)16(8-12)26-19-10(2)21(32)29(27-19)18-14(24)6-11(22)7-15(18)25/h3-4,6-10H,5H2,1-2H3,(H,26,27). The molecule has 2 unspecified atom stereocenters. The lowest BCUT2D eigenvalue weighted by Crippen LogP contribution is -2.36. The van der Waals surface area contributed by atoms with E-state index in [9.17, 15) is 14.4 Å². The number of halogens is 4. The van der Waals surface area contributed by atoms with Crippen LogP contribution in [0, 0.1) is 11.8 Å². The highest BCUT2D eigenvalue weighted by atomic mass is 35.5. The zero-order valence-electron chi connectivity index (χ0n) is 16.8. The molecule has 2 aliphatic rings. The number of anilines is 2. The van der Waals surface area contributed by atoms with Crippen molar-refractivity contribution in [1.29, 1.82) is 0 Å². The topological polar surface area (TPSA) is 82.1 Å². The second-order valence-electron chi connectivity index (χ2n) is 7.53. The fraction of sp³-hybridized carbons (Fsp3) is 0.238. The van der Waals surface area contributed by atoms with E-state index in [1.165, 1.54) is 23.2 Å². The van der Waals surface area contributed by atoms with Gasteiger partial charge in [0.2, 0.25) is 11.8 Å². The van der Waals surface area contributed by atoms with Gasteiger partial charge < -0.3 is 0 Å². The van der Waals surface area contributed by atoms with Crippen LogP contribution in [0.15, 0.2) is 35.3 Å². The first-order chi connectivity index (χ1) is 15.1. The first kappa shape index (κ1) is 22.9. The maximum Gasteiger partial charge on any atom is 0.256 e. The van der Waals surface area contributed by atoms with E-state index in [4.69, 9.17) is 46.4 Å². The van der Waals surface area contributed by atoms with Crippen molar-refractivity contribution in [2.75, 3.05) is 9.91 Å². The first-order valence-corrected chi connectivity index (χ1v) is 11.1. The summed E-state index contributed by atoms with van der Waals surface area (Å²) < 4.78 is 0. The Bertz CT molecular complexity index is 1180. The van der Waals surface area contributed by atoms with Gasteiger partial charge in [-0.1, -0.05) is 53.3 Å². The van der Waals surface area contributed by atoms with Crippen LogP contribution in [0.1, 0.15) is 20.3 Å². The number of amidine groups is 1. The molecule has 0 aliphatic carbocycles. The number of imide groups is 1. The fourth-order valence-electron chi connectivity index (χ4n) is 3.52. The lowest BCUT2D eigenvalue weighted by molar-refractivity contribution is -0.122. The Labute approximate surface area is 203 Å². The van der Waals surface area contributed by atoms with Crippen LogP contribution in [0.4, 0.5) is 17.1 Å². The molecule has 11 heteroatoms. The number of amides is 3. The Morgan fingerprint density at radius 3 is 2.19 bits per heavy atom. The van der Waals surface area contributed by atoms with Gasteiger partial charge in [-0.2, -0.15) is 0 Å². The highest BCUT2D eigenvalue weighted by Crippen LogP contribution is 2.39. The Hall–Kier alpha value is -2.32. The predicted octanol–water partition coefficient (Wildman–Crippen LogP) is 5.42. The highest BCUT2D eigenvalue weighted by molar-refractivity contribution is 6.43. The molecule has 4 rings (SSSR count). The van der Waals surface area contributed by atoms with Crippen LogP contribution in [-0.4, -0.2) is 23.6 Å². The van der Waals surface area contributed by atoms with Gasteiger partial charge in [-0.05, 0) is 37.3 Å². The van der Waals surface area contributed by atoms with E-state index in [1.54, 1.807) is 26.0 Å². The van der Waals surface area contributed by atoms with Crippen LogP contribution in [0.2, 0.25) is 20.1 Å². The molecule has 166 valence electrons. The van der Waals surface area contributed by atoms with Gasteiger partial charge in [0, 0.05) is 17.4 Å². The van der Waals surface area contributed by atoms with Crippen LogP contribution in [0.25, 0.3) is 0 Å². The molecule has 2 saturated heterocycles. The molecule has 7 nitrogen and oxygen atoms in total. The van der Waals surface area contributed by atoms with E-state index in [1.807, 2.05) is 0 Å². The molecule has 2 aromatic rings. The van der Waals surface area contributed by atoms with Crippen LogP contribution >= 0.6 is 46.4 Å². The molecule has 1 N–H and O–H groups in total. The molecular weight excluding hydrogens is 498 g/mol. The van der Waals surface area contributed by atoms with Crippen molar-refractivity contribution < 1.29 is 14.4 Å². The number of carbonyl (C=O) groups is 3. The van der Waals surface area contributed by atoms with E-state index in [0.717, 1.165) is 4.90 Å². The summed E-state index contributed by atoms with van der Waals surface area (Å²) in [6.07, 6.45) is 0.149. The summed E-state index contributed by atoms with van der Waals surface area (Å²) in [7, 11) is 0. The Balaban J connectivity index is 1.70. The lowest BCUT2D eigenvalue weighted by atomic mass is 10.1. The van der Waals surface area contributed by atoms with Crippen LogP contribution in [-0.2, 0) is 14.4 Å². The summed E-state index contributed by atoms with van der Waals surface area (Å²) in [5.74, 6) is -1.65. The van der Waals surface area contributed by atoms with Crippen molar-refractivity contribution in [1.82, 2.24) is 5.43 Å². The smallest absolute Gasteiger partial charge is 0.256 e. The molecule has 2 aromatic carbocycles. The summed E-state index contributed by atoms with van der Waals surface area (Å²) in [6, 6.07) is 7.62. The van der Waals surface area contributed by atoms with Crippen molar-refractivity contribution in [2.24, 2.45) is 16.8 Å². The number of carbonyl (C=O) groups excluding carboxylic acids is 3. The Kier molecular flexibility index (Phi) is 6.11. The average Bonchev–Trinajstić information content (AvgIpc) is 3.12. The number of aliphatic imine (C=N–C) groups is 1. The molecule has 0 radical (unpaired) electrons.